The summed E-state index contributed by atoms with van der Waals surface area (Å²) in [6, 6.07) is 8.37. The number of guanidine groups is 1. The molecule has 0 spiro atoms. The van der Waals surface area contributed by atoms with Gasteiger partial charge in [0.05, 0.1) is 6.54 Å². The predicted molar refractivity (Wildman–Crippen MR) is 69.4 cm³/mol. The van der Waals surface area contributed by atoms with Gasteiger partial charge in [-0.15, -0.1) is 0 Å². The summed E-state index contributed by atoms with van der Waals surface area (Å²) in [5, 5.41) is 0. The minimum Gasteiger partial charge on any atom is -0.370 e. The fourth-order valence-electron chi connectivity index (χ4n) is 1.51. The summed E-state index contributed by atoms with van der Waals surface area (Å²) in [5.41, 5.74) is 8.36. The van der Waals surface area contributed by atoms with Crippen LogP contribution in [0.15, 0.2) is 29.3 Å². The Hall–Kier alpha value is -1.51. The fourth-order valence-corrected chi connectivity index (χ4v) is 1.51. The summed E-state index contributed by atoms with van der Waals surface area (Å²) in [4.78, 5) is 6.44. The van der Waals surface area contributed by atoms with Gasteiger partial charge in [0, 0.05) is 13.1 Å². The molecule has 1 rings (SSSR count). The van der Waals surface area contributed by atoms with Gasteiger partial charge in [0.25, 0.3) is 0 Å². The van der Waals surface area contributed by atoms with Crippen LogP contribution in [0.1, 0.15) is 25.0 Å². The maximum absolute atomic E-state index is 5.89. The van der Waals surface area contributed by atoms with Gasteiger partial charge >= 0.3 is 0 Å². The molecule has 2 N–H and O–H groups in total. The molecule has 0 heterocycles. The maximum atomic E-state index is 5.89. The Labute approximate surface area is 98.0 Å². The minimum absolute atomic E-state index is 0.630. The number of hydrogen-bond donors (Lipinski definition) is 1. The van der Waals surface area contributed by atoms with E-state index in [-0.39, 0.29) is 0 Å². The van der Waals surface area contributed by atoms with Gasteiger partial charge in [-0.05, 0) is 26.3 Å². The van der Waals surface area contributed by atoms with Gasteiger partial charge in [0.1, 0.15) is 0 Å². The highest BCUT2D eigenvalue weighted by Gasteiger charge is 2.01. The number of aliphatic imine (C=N–C) groups is 1. The number of benzene rings is 1. The van der Waals surface area contributed by atoms with Crippen LogP contribution in [0.5, 0.6) is 0 Å². The lowest BCUT2D eigenvalue weighted by Crippen LogP contribution is -2.37. The molecule has 1 aromatic rings. The molecule has 3 heteroatoms. The Morgan fingerprint density at radius 3 is 2.25 bits per heavy atom. The third-order valence-electron chi connectivity index (χ3n) is 2.63. The summed E-state index contributed by atoms with van der Waals surface area (Å²) in [6.07, 6.45) is 0. The van der Waals surface area contributed by atoms with Crippen LogP contribution in [0.25, 0.3) is 0 Å². The SMILES string of the molecule is CCN(CC)C(N)=NCc1ccc(C)cc1. The van der Waals surface area contributed by atoms with E-state index in [2.05, 4.69) is 50.0 Å². The third-order valence-corrected chi connectivity index (χ3v) is 2.63. The van der Waals surface area contributed by atoms with Gasteiger partial charge in [-0.3, -0.25) is 0 Å². The van der Waals surface area contributed by atoms with Gasteiger partial charge in [-0.2, -0.15) is 0 Å². The van der Waals surface area contributed by atoms with Crippen LogP contribution in [0, 0.1) is 6.92 Å². The smallest absolute Gasteiger partial charge is 0.191 e. The number of nitrogens with two attached hydrogens (primary N) is 1. The molecular formula is C13H21N3. The first kappa shape index (κ1) is 12.6. The molecule has 88 valence electrons. The lowest BCUT2D eigenvalue weighted by molar-refractivity contribution is 0.458. The Bertz CT molecular complexity index is 337. The number of hydrogen-bond acceptors (Lipinski definition) is 1. The fraction of sp³-hybridized carbons (Fsp3) is 0.462. The van der Waals surface area contributed by atoms with Crippen molar-refractivity contribution in [3.05, 3.63) is 35.4 Å². The van der Waals surface area contributed by atoms with Crippen molar-refractivity contribution in [2.45, 2.75) is 27.3 Å². The summed E-state index contributed by atoms with van der Waals surface area (Å²) < 4.78 is 0. The molecule has 0 aliphatic rings. The van der Waals surface area contributed by atoms with E-state index in [0.717, 1.165) is 13.1 Å². The molecule has 0 fully saturated rings. The van der Waals surface area contributed by atoms with E-state index in [1.54, 1.807) is 0 Å². The second-order valence-corrected chi connectivity index (χ2v) is 3.83. The summed E-state index contributed by atoms with van der Waals surface area (Å²) in [7, 11) is 0. The van der Waals surface area contributed by atoms with Gasteiger partial charge in [0.15, 0.2) is 5.96 Å². The Morgan fingerprint density at radius 1 is 1.19 bits per heavy atom. The molecule has 16 heavy (non-hydrogen) atoms. The number of rotatable bonds is 4. The molecule has 0 aliphatic heterocycles. The molecule has 0 saturated heterocycles. The van der Waals surface area contributed by atoms with Gasteiger partial charge in [0.2, 0.25) is 0 Å². The van der Waals surface area contributed by atoms with Crippen molar-refractivity contribution >= 4 is 5.96 Å². The highest BCUT2D eigenvalue weighted by Crippen LogP contribution is 2.04. The van der Waals surface area contributed by atoms with Crippen molar-refractivity contribution in [1.29, 1.82) is 0 Å². The van der Waals surface area contributed by atoms with E-state index < -0.39 is 0 Å². The second kappa shape index (κ2) is 6.16. The van der Waals surface area contributed by atoms with E-state index in [1.807, 2.05) is 4.90 Å². The van der Waals surface area contributed by atoms with Crippen LogP contribution in [-0.2, 0) is 6.54 Å². The van der Waals surface area contributed by atoms with E-state index >= 15 is 0 Å². The van der Waals surface area contributed by atoms with Crippen LogP contribution in [0.4, 0.5) is 0 Å². The molecule has 1 aromatic carbocycles. The lowest BCUT2D eigenvalue weighted by atomic mass is 10.1. The third kappa shape index (κ3) is 3.57. The Morgan fingerprint density at radius 2 is 1.75 bits per heavy atom. The average Bonchev–Trinajstić information content (AvgIpc) is 2.30. The molecule has 0 bridgehead atoms. The summed E-state index contributed by atoms with van der Waals surface area (Å²) >= 11 is 0. The van der Waals surface area contributed by atoms with Crippen molar-refractivity contribution in [1.82, 2.24) is 4.90 Å². The van der Waals surface area contributed by atoms with E-state index in [9.17, 15) is 0 Å². The van der Waals surface area contributed by atoms with E-state index in [4.69, 9.17) is 5.73 Å². The Kier molecular flexibility index (Phi) is 4.83. The van der Waals surface area contributed by atoms with Crippen LogP contribution < -0.4 is 5.73 Å². The van der Waals surface area contributed by atoms with Crippen molar-refractivity contribution in [2.75, 3.05) is 13.1 Å². The topological polar surface area (TPSA) is 41.6 Å². The zero-order valence-electron chi connectivity index (χ0n) is 10.4. The molecule has 0 amide bonds. The maximum Gasteiger partial charge on any atom is 0.191 e. The molecule has 0 aliphatic carbocycles. The first-order chi connectivity index (χ1) is 7.67. The average molecular weight is 219 g/mol. The van der Waals surface area contributed by atoms with Crippen molar-refractivity contribution < 1.29 is 0 Å². The lowest BCUT2D eigenvalue weighted by Gasteiger charge is -2.19. The van der Waals surface area contributed by atoms with Gasteiger partial charge < -0.3 is 10.6 Å². The molecule has 0 saturated carbocycles. The zero-order chi connectivity index (χ0) is 12.0. The van der Waals surface area contributed by atoms with Crippen LogP contribution >= 0.6 is 0 Å². The van der Waals surface area contributed by atoms with Crippen molar-refractivity contribution in [3.8, 4) is 0 Å². The van der Waals surface area contributed by atoms with Gasteiger partial charge in [-0.25, -0.2) is 4.99 Å². The van der Waals surface area contributed by atoms with Crippen molar-refractivity contribution in [3.63, 3.8) is 0 Å². The van der Waals surface area contributed by atoms with Crippen molar-refractivity contribution in [2.24, 2.45) is 10.7 Å². The normalized spacial score (nSPS) is 11.6. The predicted octanol–water partition coefficient (Wildman–Crippen LogP) is 2.15. The van der Waals surface area contributed by atoms with Gasteiger partial charge in [-0.1, -0.05) is 29.8 Å². The van der Waals surface area contributed by atoms with Crippen LogP contribution in [0.2, 0.25) is 0 Å². The monoisotopic (exact) mass is 219 g/mol. The molecule has 0 unspecified atom stereocenters. The molecule has 0 radical (unpaired) electrons. The zero-order valence-corrected chi connectivity index (χ0v) is 10.4. The number of nitrogens with zero attached hydrogens (tertiary/aromatic N) is 2. The highest BCUT2D eigenvalue weighted by molar-refractivity contribution is 5.77. The Balaban J connectivity index is 2.61. The molecule has 0 atom stereocenters. The highest BCUT2D eigenvalue weighted by atomic mass is 15.2. The standard InChI is InChI=1S/C13H21N3/c1-4-16(5-2)13(14)15-10-12-8-6-11(3)7-9-12/h6-9H,4-5,10H2,1-3H3,(H2,14,15). The largest absolute Gasteiger partial charge is 0.370 e. The minimum atomic E-state index is 0.630. The van der Waals surface area contributed by atoms with Crippen LogP contribution in [0.3, 0.4) is 0 Å². The van der Waals surface area contributed by atoms with E-state index in [1.165, 1.54) is 11.1 Å². The molecular weight excluding hydrogens is 198 g/mol. The van der Waals surface area contributed by atoms with Crippen LogP contribution in [-0.4, -0.2) is 23.9 Å². The first-order valence-electron chi connectivity index (χ1n) is 5.77. The first-order valence-corrected chi connectivity index (χ1v) is 5.77. The quantitative estimate of drug-likeness (QED) is 0.623. The second-order valence-electron chi connectivity index (χ2n) is 3.83. The summed E-state index contributed by atoms with van der Waals surface area (Å²) in [6.45, 7) is 8.70. The molecule has 0 aromatic heterocycles. The van der Waals surface area contributed by atoms with E-state index in [0.29, 0.717) is 12.5 Å². The number of aryl methyl sites for hydroxylation is 1. The summed E-state index contributed by atoms with van der Waals surface area (Å²) in [5.74, 6) is 0.630. The molecule has 3 nitrogen and oxygen atoms in total.